The summed E-state index contributed by atoms with van der Waals surface area (Å²) in [5, 5.41) is 21.0. The molecule has 0 amide bonds. The summed E-state index contributed by atoms with van der Waals surface area (Å²) in [5.74, 6) is 0. The van der Waals surface area contributed by atoms with E-state index in [4.69, 9.17) is 14.5 Å². The summed E-state index contributed by atoms with van der Waals surface area (Å²) in [4.78, 5) is 38.8. The van der Waals surface area contributed by atoms with Crippen LogP contribution in [-0.2, 0) is 22.7 Å². The number of aromatic nitrogens is 4. The van der Waals surface area contributed by atoms with Gasteiger partial charge in [-0.3, -0.25) is 9.09 Å². The predicted molar refractivity (Wildman–Crippen MR) is 91.9 cm³/mol. The van der Waals surface area contributed by atoms with Crippen molar-refractivity contribution < 1.29 is 47.6 Å². The molecule has 1 aliphatic heterocycles. The molecule has 3 heterocycles. The Labute approximate surface area is 161 Å². The molecular formula is C11H16N4O10P2S. The molecular weight excluding hydrogens is 442 g/mol. The van der Waals surface area contributed by atoms with E-state index in [9.17, 15) is 24.2 Å². The summed E-state index contributed by atoms with van der Waals surface area (Å²) >= 11 is 1.34. The minimum absolute atomic E-state index is 0.329. The molecule has 17 heteroatoms. The van der Waals surface area contributed by atoms with Gasteiger partial charge in [0.25, 0.3) is 0 Å². The summed E-state index contributed by atoms with van der Waals surface area (Å²) in [6, 6.07) is 0. The fourth-order valence-corrected chi connectivity index (χ4v) is 4.68. The highest BCUT2D eigenvalue weighted by Gasteiger charge is 2.46. The zero-order valence-electron chi connectivity index (χ0n) is 14.0. The lowest BCUT2D eigenvalue weighted by molar-refractivity contribution is -0.0503. The Morgan fingerprint density at radius 2 is 1.93 bits per heavy atom. The molecule has 3 rings (SSSR count). The van der Waals surface area contributed by atoms with E-state index < -0.39 is 46.8 Å². The minimum atomic E-state index is -5.28. The van der Waals surface area contributed by atoms with E-state index in [0.29, 0.717) is 16.2 Å². The SMILES string of the molecule is CSc1ncnc2c1ncn2[C@@H]1O[C@H](COP(=O)(O)OP(=O)(O)O)[C@@H](O)[C@H]1O. The zero-order chi connectivity index (χ0) is 20.7. The summed E-state index contributed by atoms with van der Waals surface area (Å²) in [6.07, 6.45) is -1.05. The van der Waals surface area contributed by atoms with Crippen molar-refractivity contribution in [2.75, 3.05) is 12.9 Å². The number of hydrogen-bond acceptors (Lipinski definition) is 11. The number of hydrogen-bond donors (Lipinski definition) is 5. The Balaban J connectivity index is 1.76. The molecule has 1 aliphatic rings. The summed E-state index contributed by atoms with van der Waals surface area (Å²) in [7, 11) is -10.4. The Morgan fingerprint density at radius 1 is 1.21 bits per heavy atom. The lowest BCUT2D eigenvalue weighted by Gasteiger charge is -2.17. The number of imidazole rings is 1. The molecule has 5 N–H and O–H groups in total. The van der Waals surface area contributed by atoms with E-state index in [1.807, 2.05) is 0 Å². The number of phosphoric ester groups is 1. The second kappa shape index (κ2) is 8.05. The van der Waals surface area contributed by atoms with Gasteiger partial charge in [0.15, 0.2) is 11.9 Å². The van der Waals surface area contributed by atoms with Crippen LogP contribution in [0.3, 0.4) is 0 Å². The first kappa shape index (κ1) is 21.7. The number of nitrogens with zero attached hydrogens (tertiary/aromatic N) is 4. The molecule has 1 saturated heterocycles. The van der Waals surface area contributed by atoms with E-state index in [1.54, 1.807) is 6.26 Å². The second-order valence-electron chi connectivity index (χ2n) is 5.59. The third-order valence-corrected chi connectivity index (χ3v) is 6.58. The first-order chi connectivity index (χ1) is 13.0. The van der Waals surface area contributed by atoms with Gasteiger partial charge in [-0.1, -0.05) is 0 Å². The van der Waals surface area contributed by atoms with E-state index in [1.165, 1.54) is 29.0 Å². The van der Waals surface area contributed by atoms with Crippen LogP contribution in [0.4, 0.5) is 0 Å². The first-order valence-electron chi connectivity index (χ1n) is 7.50. The number of phosphoric acid groups is 2. The van der Waals surface area contributed by atoms with Gasteiger partial charge in [0.1, 0.15) is 35.2 Å². The van der Waals surface area contributed by atoms with Gasteiger partial charge in [0.2, 0.25) is 0 Å². The van der Waals surface area contributed by atoms with Crippen LogP contribution in [0.1, 0.15) is 6.23 Å². The quantitative estimate of drug-likeness (QED) is 0.199. The van der Waals surface area contributed by atoms with Gasteiger partial charge in [-0.25, -0.2) is 24.1 Å². The molecule has 0 saturated carbocycles. The van der Waals surface area contributed by atoms with E-state index in [2.05, 4.69) is 23.8 Å². The van der Waals surface area contributed by atoms with Crippen molar-refractivity contribution in [3.8, 4) is 0 Å². The van der Waals surface area contributed by atoms with Crippen molar-refractivity contribution in [3.05, 3.63) is 12.7 Å². The Bertz CT molecular complexity index is 953. The van der Waals surface area contributed by atoms with Gasteiger partial charge >= 0.3 is 15.6 Å². The minimum Gasteiger partial charge on any atom is -0.387 e. The van der Waals surface area contributed by atoms with Crippen LogP contribution in [0.2, 0.25) is 0 Å². The van der Waals surface area contributed by atoms with Gasteiger partial charge in [-0.2, -0.15) is 4.31 Å². The highest BCUT2D eigenvalue weighted by atomic mass is 32.2. The molecule has 0 bridgehead atoms. The lowest BCUT2D eigenvalue weighted by atomic mass is 10.1. The molecule has 2 aromatic rings. The molecule has 1 unspecified atom stereocenters. The molecule has 0 aromatic carbocycles. The molecule has 1 fully saturated rings. The van der Waals surface area contributed by atoms with Crippen molar-refractivity contribution in [3.63, 3.8) is 0 Å². The maximum Gasteiger partial charge on any atom is 0.481 e. The van der Waals surface area contributed by atoms with Gasteiger partial charge in [-0.15, -0.1) is 11.8 Å². The number of ether oxygens (including phenoxy) is 1. The van der Waals surface area contributed by atoms with Crippen LogP contribution in [0.25, 0.3) is 11.2 Å². The number of aliphatic hydroxyl groups is 2. The fraction of sp³-hybridized carbons (Fsp3) is 0.545. The average molecular weight is 458 g/mol. The topological polar surface area (TPSA) is 207 Å². The molecule has 28 heavy (non-hydrogen) atoms. The molecule has 2 aromatic heterocycles. The summed E-state index contributed by atoms with van der Waals surface area (Å²) < 4.78 is 37.1. The Kier molecular flexibility index (Phi) is 6.25. The molecule has 0 aliphatic carbocycles. The molecule has 14 nitrogen and oxygen atoms in total. The molecule has 0 spiro atoms. The van der Waals surface area contributed by atoms with Crippen molar-refractivity contribution in [1.29, 1.82) is 0 Å². The number of thioether (sulfide) groups is 1. The van der Waals surface area contributed by atoms with Crippen molar-refractivity contribution in [2.24, 2.45) is 0 Å². The van der Waals surface area contributed by atoms with Crippen molar-refractivity contribution >= 4 is 38.6 Å². The Hall–Kier alpha value is -0.960. The Morgan fingerprint density at radius 3 is 2.57 bits per heavy atom. The van der Waals surface area contributed by atoms with Crippen molar-refractivity contribution in [1.82, 2.24) is 19.5 Å². The maximum atomic E-state index is 11.5. The smallest absolute Gasteiger partial charge is 0.387 e. The first-order valence-corrected chi connectivity index (χ1v) is 11.7. The number of fused-ring (bicyclic) bond motifs is 1. The molecule has 0 radical (unpaired) electrons. The zero-order valence-corrected chi connectivity index (χ0v) is 16.6. The van der Waals surface area contributed by atoms with E-state index in [0.717, 1.165) is 0 Å². The highest BCUT2D eigenvalue weighted by Crippen LogP contribution is 2.57. The lowest BCUT2D eigenvalue weighted by Crippen LogP contribution is -2.33. The van der Waals surface area contributed by atoms with Gasteiger partial charge in [0, 0.05) is 0 Å². The molecule has 156 valence electrons. The van der Waals surface area contributed by atoms with Gasteiger partial charge in [-0.05, 0) is 6.26 Å². The summed E-state index contributed by atoms with van der Waals surface area (Å²) in [5.41, 5.74) is 0.782. The normalized spacial score (nSPS) is 27.9. The van der Waals surface area contributed by atoms with Crippen LogP contribution in [0.5, 0.6) is 0 Å². The van der Waals surface area contributed by atoms with Crippen molar-refractivity contribution in [2.45, 2.75) is 29.6 Å². The van der Waals surface area contributed by atoms with Crippen LogP contribution < -0.4 is 0 Å². The largest absolute Gasteiger partial charge is 0.481 e. The van der Waals surface area contributed by atoms with E-state index in [-0.39, 0.29) is 0 Å². The van der Waals surface area contributed by atoms with Crippen LogP contribution in [-0.4, -0.2) is 75.6 Å². The number of aliphatic hydroxyl groups excluding tert-OH is 2. The van der Waals surface area contributed by atoms with Gasteiger partial charge in [0.05, 0.1) is 12.9 Å². The number of rotatable bonds is 7. The van der Waals surface area contributed by atoms with Crippen LogP contribution >= 0.6 is 27.4 Å². The van der Waals surface area contributed by atoms with Gasteiger partial charge < -0.3 is 29.6 Å². The third kappa shape index (κ3) is 4.61. The maximum absolute atomic E-state index is 11.5. The van der Waals surface area contributed by atoms with Crippen LogP contribution in [0.15, 0.2) is 17.7 Å². The second-order valence-corrected chi connectivity index (χ2v) is 9.21. The average Bonchev–Trinajstić information content (AvgIpc) is 3.13. The molecule has 5 atom stereocenters. The monoisotopic (exact) mass is 458 g/mol. The summed E-state index contributed by atoms with van der Waals surface area (Å²) in [6.45, 7) is -0.791. The standard InChI is InChI=1S/C11H16N4O10P2S/c1-28-10-6-9(12-3-13-10)15(4-14-6)11-8(17)7(16)5(24-11)2-23-27(21,22)25-26(18,19)20/h3-5,7-8,11,16-17H,2H2,1H3,(H,21,22)(H2,18,19,20)/t5-,7-,8-,11-/m1/s1. The highest BCUT2D eigenvalue weighted by molar-refractivity contribution is 7.98. The fourth-order valence-electron chi connectivity index (χ4n) is 2.59. The van der Waals surface area contributed by atoms with Crippen LogP contribution in [0, 0.1) is 0 Å². The van der Waals surface area contributed by atoms with E-state index >= 15 is 0 Å². The predicted octanol–water partition coefficient (Wildman–Crippen LogP) is -0.606. The third-order valence-electron chi connectivity index (χ3n) is 3.74.